The first kappa shape index (κ1) is 17.6. The third kappa shape index (κ3) is 2.96. The van der Waals surface area contributed by atoms with E-state index in [2.05, 4.69) is 26.7 Å². The van der Waals surface area contributed by atoms with Crippen LogP contribution in [0.25, 0.3) is 26.9 Å². The number of fused-ring (bicyclic) bond motifs is 1. The molecule has 1 aliphatic rings. The molecule has 27 heavy (non-hydrogen) atoms. The molecule has 2 heterocycles. The van der Waals surface area contributed by atoms with Gasteiger partial charge in [0.1, 0.15) is 0 Å². The number of hydrogen-bond donors (Lipinski definition) is 2. The van der Waals surface area contributed by atoms with Gasteiger partial charge in [-0.1, -0.05) is 0 Å². The summed E-state index contributed by atoms with van der Waals surface area (Å²) in [4.78, 5) is 7.99. The molecule has 1 fully saturated rings. The molecule has 1 aliphatic carbocycles. The third-order valence-electron chi connectivity index (χ3n) is 5.88. The summed E-state index contributed by atoms with van der Waals surface area (Å²) in [6.45, 7) is 11.5. The highest BCUT2D eigenvalue weighted by Gasteiger charge is 2.24. The van der Waals surface area contributed by atoms with Crippen molar-refractivity contribution in [1.82, 2.24) is 9.55 Å². The SMILES string of the molecule is [C-]#[N+]c1cc2c(-c3cncc(N)c3C)cn(C3CCC(O)CC3)c2cc1C. The Morgan fingerprint density at radius 2 is 1.89 bits per heavy atom. The number of nitrogens with two attached hydrogens (primary N) is 1. The lowest BCUT2D eigenvalue weighted by Gasteiger charge is -2.27. The molecule has 0 amide bonds. The van der Waals surface area contributed by atoms with Gasteiger partial charge in [-0.15, -0.1) is 0 Å². The molecule has 2 aromatic heterocycles. The molecule has 0 bridgehead atoms. The highest BCUT2D eigenvalue weighted by atomic mass is 16.3. The van der Waals surface area contributed by atoms with Crippen molar-refractivity contribution in [3.05, 3.63) is 53.3 Å². The van der Waals surface area contributed by atoms with Crippen LogP contribution in [-0.2, 0) is 0 Å². The van der Waals surface area contributed by atoms with Gasteiger partial charge >= 0.3 is 0 Å². The monoisotopic (exact) mass is 360 g/mol. The molecular weight excluding hydrogens is 336 g/mol. The summed E-state index contributed by atoms with van der Waals surface area (Å²) in [6.07, 6.45) is 9.11. The van der Waals surface area contributed by atoms with E-state index in [9.17, 15) is 5.11 Å². The van der Waals surface area contributed by atoms with Crippen molar-refractivity contribution in [2.24, 2.45) is 0 Å². The molecule has 0 aliphatic heterocycles. The number of nitrogens with zero attached hydrogens (tertiary/aromatic N) is 3. The van der Waals surface area contributed by atoms with E-state index in [-0.39, 0.29) is 6.10 Å². The fraction of sp³-hybridized carbons (Fsp3) is 0.364. The van der Waals surface area contributed by atoms with Crippen molar-refractivity contribution < 1.29 is 5.11 Å². The van der Waals surface area contributed by atoms with Gasteiger partial charge in [0, 0.05) is 35.1 Å². The second kappa shape index (κ2) is 6.71. The first-order valence-electron chi connectivity index (χ1n) is 9.40. The molecule has 4 rings (SSSR count). The van der Waals surface area contributed by atoms with Gasteiger partial charge in [-0.25, -0.2) is 4.85 Å². The number of pyridine rings is 1. The number of benzene rings is 1. The van der Waals surface area contributed by atoms with Gasteiger partial charge in [0.25, 0.3) is 0 Å². The molecule has 3 N–H and O–H groups in total. The Balaban J connectivity index is 1.96. The molecule has 1 aromatic carbocycles. The van der Waals surface area contributed by atoms with Crippen molar-refractivity contribution in [2.75, 3.05) is 5.73 Å². The van der Waals surface area contributed by atoms with Crippen molar-refractivity contribution >= 4 is 22.3 Å². The highest BCUT2D eigenvalue weighted by Crippen LogP contribution is 2.40. The average molecular weight is 360 g/mol. The maximum absolute atomic E-state index is 9.89. The fourth-order valence-corrected chi connectivity index (χ4v) is 4.18. The number of aromatic nitrogens is 2. The molecule has 0 spiro atoms. The summed E-state index contributed by atoms with van der Waals surface area (Å²) in [6, 6.07) is 4.47. The van der Waals surface area contributed by atoms with Gasteiger partial charge in [-0.2, -0.15) is 0 Å². The van der Waals surface area contributed by atoms with Crippen LogP contribution < -0.4 is 5.73 Å². The molecule has 138 valence electrons. The third-order valence-corrected chi connectivity index (χ3v) is 5.88. The van der Waals surface area contributed by atoms with Crippen LogP contribution in [0.2, 0.25) is 0 Å². The van der Waals surface area contributed by atoms with Crippen LogP contribution in [0.4, 0.5) is 11.4 Å². The van der Waals surface area contributed by atoms with Gasteiger partial charge in [0.15, 0.2) is 5.69 Å². The van der Waals surface area contributed by atoms with Gasteiger partial charge in [0.2, 0.25) is 0 Å². The number of rotatable bonds is 2. The molecule has 5 heteroatoms. The zero-order valence-electron chi connectivity index (χ0n) is 15.7. The molecule has 1 saturated carbocycles. The summed E-state index contributed by atoms with van der Waals surface area (Å²) in [5, 5.41) is 10.9. The molecular formula is C22H24N4O. The number of nitrogen functional groups attached to an aromatic ring is 1. The number of aryl methyl sites for hydroxylation is 1. The van der Waals surface area contributed by atoms with E-state index in [1.54, 1.807) is 6.20 Å². The van der Waals surface area contributed by atoms with Crippen LogP contribution in [0, 0.1) is 20.4 Å². The van der Waals surface area contributed by atoms with Crippen LogP contribution >= 0.6 is 0 Å². The predicted molar refractivity (Wildman–Crippen MR) is 109 cm³/mol. The summed E-state index contributed by atoms with van der Waals surface area (Å²) in [5.74, 6) is 0. The second-order valence-electron chi connectivity index (χ2n) is 7.58. The van der Waals surface area contributed by atoms with E-state index in [4.69, 9.17) is 12.3 Å². The smallest absolute Gasteiger partial charge is 0.190 e. The Morgan fingerprint density at radius 3 is 2.59 bits per heavy atom. The molecule has 0 saturated heterocycles. The molecule has 0 atom stereocenters. The predicted octanol–water partition coefficient (Wildman–Crippen LogP) is 4.93. The minimum absolute atomic E-state index is 0.182. The first-order valence-corrected chi connectivity index (χ1v) is 9.40. The first-order chi connectivity index (χ1) is 13.0. The maximum Gasteiger partial charge on any atom is 0.190 e. The van der Waals surface area contributed by atoms with Crippen molar-refractivity contribution in [3.8, 4) is 11.1 Å². The van der Waals surface area contributed by atoms with Crippen molar-refractivity contribution in [1.29, 1.82) is 0 Å². The Morgan fingerprint density at radius 1 is 1.15 bits per heavy atom. The summed E-state index contributed by atoms with van der Waals surface area (Å²) < 4.78 is 2.33. The van der Waals surface area contributed by atoms with Gasteiger partial charge in [-0.05, 0) is 68.2 Å². The maximum atomic E-state index is 9.89. The molecule has 0 unspecified atom stereocenters. The van der Waals surface area contributed by atoms with Crippen LogP contribution in [0.1, 0.15) is 42.9 Å². The minimum atomic E-state index is -0.182. The lowest BCUT2D eigenvalue weighted by molar-refractivity contribution is 0.111. The van der Waals surface area contributed by atoms with Crippen LogP contribution in [0.5, 0.6) is 0 Å². The molecule has 5 nitrogen and oxygen atoms in total. The average Bonchev–Trinajstić information content (AvgIpc) is 3.02. The molecule has 3 aromatic rings. The van der Waals surface area contributed by atoms with Gasteiger partial charge < -0.3 is 15.4 Å². The number of hydrogen-bond acceptors (Lipinski definition) is 3. The Hall–Kier alpha value is -2.84. The van der Waals surface area contributed by atoms with E-state index in [0.29, 0.717) is 17.4 Å². The number of aliphatic hydroxyl groups excluding tert-OH is 1. The second-order valence-corrected chi connectivity index (χ2v) is 7.58. The van der Waals surface area contributed by atoms with Crippen LogP contribution in [0.15, 0.2) is 30.7 Å². The largest absolute Gasteiger partial charge is 0.397 e. The summed E-state index contributed by atoms with van der Waals surface area (Å²) in [5.41, 5.74) is 12.7. The van der Waals surface area contributed by atoms with E-state index >= 15 is 0 Å². The highest BCUT2D eigenvalue weighted by molar-refractivity contribution is 5.99. The summed E-state index contributed by atoms with van der Waals surface area (Å²) in [7, 11) is 0. The fourth-order valence-electron chi connectivity index (χ4n) is 4.18. The Kier molecular flexibility index (Phi) is 4.37. The van der Waals surface area contributed by atoms with E-state index in [1.165, 1.54) is 0 Å². The molecule has 0 radical (unpaired) electrons. The zero-order valence-corrected chi connectivity index (χ0v) is 15.7. The minimum Gasteiger partial charge on any atom is -0.397 e. The number of anilines is 1. The lowest BCUT2D eigenvalue weighted by Crippen LogP contribution is -2.20. The Bertz CT molecular complexity index is 1050. The lowest BCUT2D eigenvalue weighted by atomic mass is 9.93. The quantitative estimate of drug-likeness (QED) is 0.637. The standard InChI is InChI=1S/C22H24N4O/c1-13-8-22-17(9-21(13)24-3)19(18-10-25-11-20(23)14(18)2)12-26(22)15-4-6-16(27)7-5-15/h8-12,15-16,27H,4-7,23H2,1-2H3. The van der Waals surface area contributed by atoms with E-state index in [0.717, 1.165) is 58.8 Å². The van der Waals surface area contributed by atoms with Crippen LogP contribution in [0.3, 0.4) is 0 Å². The number of aliphatic hydroxyl groups is 1. The van der Waals surface area contributed by atoms with E-state index < -0.39 is 0 Å². The Labute approximate surface area is 159 Å². The van der Waals surface area contributed by atoms with Crippen LogP contribution in [-0.4, -0.2) is 20.8 Å². The van der Waals surface area contributed by atoms with Gasteiger partial charge in [0.05, 0.1) is 24.6 Å². The van der Waals surface area contributed by atoms with Crippen molar-refractivity contribution in [3.63, 3.8) is 0 Å². The summed E-state index contributed by atoms with van der Waals surface area (Å²) >= 11 is 0. The zero-order chi connectivity index (χ0) is 19.1. The van der Waals surface area contributed by atoms with E-state index in [1.807, 2.05) is 26.1 Å². The topological polar surface area (TPSA) is 68.4 Å². The van der Waals surface area contributed by atoms with Gasteiger partial charge in [-0.3, -0.25) is 4.98 Å². The van der Waals surface area contributed by atoms with Crippen molar-refractivity contribution in [2.45, 2.75) is 51.7 Å². The normalized spacial score (nSPS) is 19.9.